The molecule has 2 N–H and O–H groups in total. The molecule has 2 aromatic rings. The summed E-state index contributed by atoms with van der Waals surface area (Å²) in [5.74, 6) is 0.531. The lowest BCUT2D eigenvalue weighted by Gasteiger charge is -2.37. The van der Waals surface area contributed by atoms with Gasteiger partial charge in [0.25, 0.3) is 0 Å². The smallest absolute Gasteiger partial charge is 0.146 e. The first-order valence-electron chi connectivity index (χ1n) is 5.12. The van der Waals surface area contributed by atoms with E-state index in [-0.39, 0.29) is 0 Å². The summed E-state index contributed by atoms with van der Waals surface area (Å²) in [6.45, 7) is 2.11. The molecule has 0 radical (unpaired) electrons. The maximum Gasteiger partial charge on any atom is 0.146 e. The van der Waals surface area contributed by atoms with Crippen molar-refractivity contribution < 1.29 is 0 Å². The molecule has 3 rings (SSSR count). The Morgan fingerprint density at radius 2 is 2.19 bits per heavy atom. The molecule has 0 atom stereocenters. The Balaban J connectivity index is 2.16. The van der Waals surface area contributed by atoms with Gasteiger partial charge in [0.2, 0.25) is 0 Å². The van der Waals surface area contributed by atoms with Crippen LogP contribution in [-0.4, -0.2) is 39.6 Å². The monoisotopic (exact) mass is 281 g/mol. The number of halogens is 1. The third kappa shape index (κ3) is 1.33. The van der Waals surface area contributed by atoms with E-state index in [2.05, 4.69) is 42.4 Å². The molecule has 0 bridgehead atoms. The summed E-state index contributed by atoms with van der Waals surface area (Å²) in [5, 5.41) is 0.914. The first-order chi connectivity index (χ1) is 7.66. The zero-order valence-electron chi connectivity index (χ0n) is 8.89. The van der Waals surface area contributed by atoms with E-state index in [1.807, 2.05) is 6.20 Å². The third-order valence-corrected chi connectivity index (χ3v) is 3.63. The van der Waals surface area contributed by atoms with Crippen molar-refractivity contribution in [3.63, 3.8) is 0 Å². The van der Waals surface area contributed by atoms with Crippen LogP contribution in [-0.2, 0) is 0 Å². The van der Waals surface area contributed by atoms with Crippen molar-refractivity contribution in [2.75, 3.05) is 25.9 Å². The average Bonchev–Trinajstić information content (AvgIpc) is 2.53. The fraction of sp³-hybridized carbons (Fsp3) is 0.400. The van der Waals surface area contributed by atoms with Gasteiger partial charge in [-0.1, -0.05) is 0 Å². The molecule has 16 heavy (non-hydrogen) atoms. The van der Waals surface area contributed by atoms with E-state index < -0.39 is 0 Å². The van der Waals surface area contributed by atoms with Crippen LogP contribution < -0.4 is 5.73 Å². The van der Waals surface area contributed by atoms with Gasteiger partial charge in [-0.25, -0.2) is 9.97 Å². The highest BCUT2D eigenvalue weighted by Gasteiger charge is 2.27. The minimum atomic E-state index is 0.494. The Bertz CT molecular complexity index is 543. The van der Waals surface area contributed by atoms with Crippen molar-refractivity contribution in [2.24, 2.45) is 0 Å². The first kappa shape index (κ1) is 10.0. The fourth-order valence-electron chi connectivity index (χ4n) is 2.18. The molecule has 2 aromatic heterocycles. The van der Waals surface area contributed by atoms with E-state index in [4.69, 9.17) is 5.73 Å². The summed E-state index contributed by atoms with van der Waals surface area (Å²) in [6, 6.07) is 0.494. The second-order valence-corrected chi connectivity index (χ2v) is 5.07. The van der Waals surface area contributed by atoms with Crippen LogP contribution >= 0.6 is 15.9 Å². The number of fused-ring (bicyclic) bond motifs is 1. The number of aromatic nitrogens is 3. The lowest BCUT2D eigenvalue weighted by atomic mass is 10.1. The second-order valence-electron chi connectivity index (χ2n) is 4.22. The minimum absolute atomic E-state index is 0.494. The average molecular weight is 282 g/mol. The number of hydrogen-bond donors (Lipinski definition) is 1. The van der Waals surface area contributed by atoms with Crippen LogP contribution in [0.25, 0.3) is 11.0 Å². The van der Waals surface area contributed by atoms with Crippen molar-refractivity contribution in [3.8, 4) is 0 Å². The first-order valence-corrected chi connectivity index (χ1v) is 5.91. The summed E-state index contributed by atoms with van der Waals surface area (Å²) >= 11 is 3.51. The lowest BCUT2D eigenvalue weighted by Crippen LogP contribution is -2.44. The van der Waals surface area contributed by atoms with Gasteiger partial charge in [0.05, 0.1) is 11.4 Å². The maximum absolute atomic E-state index is 5.85. The Labute approximate surface area is 101 Å². The van der Waals surface area contributed by atoms with E-state index in [9.17, 15) is 0 Å². The van der Waals surface area contributed by atoms with Crippen LogP contribution in [0.1, 0.15) is 6.04 Å². The van der Waals surface area contributed by atoms with Crippen molar-refractivity contribution in [3.05, 3.63) is 17.0 Å². The highest BCUT2D eigenvalue weighted by Crippen LogP contribution is 2.32. The predicted octanol–water partition coefficient (Wildman–Crippen LogP) is 1.26. The fourth-order valence-corrected chi connectivity index (χ4v) is 2.78. The van der Waals surface area contributed by atoms with Crippen molar-refractivity contribution in [1.82, 2.24) is 19.4 Å². The number of nitrogens with zero attached hydrogens (tertiary/aromatic N) is 4. The van der Waals surface area contributed by atoms with Crippen LogP contribution in [0.3, 0.4) is 0 Å². The van der Waals surface area contributed by atoms with Gasteiger partial charge in [-0.3, -0.25) is 0 Å². The summed E-state index contributed by atoms with van der Waals surface area (Å²) in [5.41, 5.74) is 6.77. The van der Waals surface area contributed by atoms with Crippen LogP contribution in [0, 0.1) is 0 Å². The molecule has 0 saturated carbocycles. The summed E-state index contributed by atoms with van der Waals surface area (Å²) in [7, 11) is 2.11. The number of nitrogen functional groups attached to an aromatic ring is 1. The van der Waals surface area contributed by atoms with Gasteiger partial charge < -0.3 is 15.2 Å². The molecular weight excluding hydrogens is 270 g/mol. The molecule has 1 aliphatic rings. The zero-order valence-corrected chi connectivity index (χ0v) is 10.5. The van der Waals surface area contributed by atoms with E-state index in [0.717, 1.165) is 28.6 Å². The molecule has 1 saturated heterocycles. The lowest BCUT2D eigenvalue weighted by molar-refractivity contribution is 0.143. The van der Waals surface area contributed by atoms with Gasteiger partial charge in [0, 0.05) is 23.8 Å². The van der Waals surface area contributed by atoms with Crippen LogP contribution in [0.4, 0.5) is 5.82 Å². The molecule has 0 amide bonds. The summed E-state index contributed by atoms with van der Waals surface area (Å²) in [6.07, 6.45) is 3.57. The van der Waals surface area contributed by atoms with Crippen molar-refractivity contribution in [1.29, 1.82) is 0 Å². The number of anilines is 1. The van der Waals surface area contributed by atoms with Gasteiger partial charge in [0.1, 0.15) is 17.8 Å². The third-order valence-electron chi connectivity index (χ3n) is 3.03. The van der Waals surface area contributed by atoms with Crippen LogP contribution in [0.2, 0.25) is 0 Å². The number of hydrogen-bond acceptors (Lipinski definition) is 4. The van der Waals surface area contributed by atoms with E-state index in [1.54, 1.807) is 0 Å². The second kappa shape index (κ2) is 3.43. The molecule has 0 aromatic carbocycles. The van der Waals surface area contributed by atoms with Crippen molar-refractivity contribution >= 4 is 32.8 Å². The highest BCUT2D eigenvalue weighted by molar-refractivity contribution is 9.10. The standard InChI is InChI=1S/C10H12BrN5/c1-15-2-6(3-15)16-4-7(11)8-9(12)13-5-14-10(8)16/h4-6H,2-3H2,1H3,(H2,12,13,14). The molecule has 5 nitrogen and oxygen atoms in total. The highest BCUT2D eigenvalue weighted by atomic mass is 79.9. The van der Waals surface area contributed by atoms with Crippen molar-refractivity contribution in [2.45, 2.75) is 6.04 Å². The topological polar surface area (TPSA) is 60.0 Å². The van der Waals surface area contributed by atoms with E-state index >= 15 is 0 Å². The molecule has 3 heterocycles. The molecule has 0 spiro atoms. The number of rotatable bonds is 1. The van der Waals surface area contributed by atoms with Gasteiger partial charge in [-0.15, -0.1) is 0 Å². The summed E-state index contributed by atoms with van der Waals surface area (Å²) in [4.78, 5) is 10.6. The number of nitrogens with two attached hydrogens (primary N) is 1. The van der Waals surface area contributed by atoms with E-state index in [1.165, 1.54) is 6.33 Å². The quantitative estimate of drug-likeness (QED) is 0.855. The summed E-state index contributed by atoms with van der Waals surface area (Å²) < 4.78 is 3.15. The zero-order chi connectivity index (χ0) is 11.3. The number of likely N-dealkylation sites (N-methyl/N-ethyl adjacent to an activating group) is 1. The van der Waals surface area contributed by atoms with Crippen LogP contribution in [0.15, 0.2) is 17.0 Å². The SMILES string of the molecule is CN1CC(n2cc(Br)c3c(N)ncnc32)C1. The number of likely N-dealkylation sites (tertiary alicyclic amines) is 1. The maximum atomic E-state index is 5.85. The van der Waals surface area contributed by atoms with Crippen LogP contribution in [0.5, 0.6) is 0 Å². The largest absolute Gasteiger partial charge is 0.383 e. The Morgan fingerprint density at radius 3 is 2.88 bits per heavy atom. The van der Waals surface area contributed by atoms with Gasteiger partial charge in [-0.2, -0.15) is 0 Å². The molecular formula is C10H12BrN5. The molecule has 84 valence electrons. The van der Waals surface area contributed by atoms with Gasteiger partial charge >= 0.3 is 0 Å². The molecule has 1 aliphatic heterocycles. The Hall–Kier alpha value is -1.14. The molecule has 6 heteroatoms. The normalized spacial score (nSPS) is 17.9. The Kier molecular flexibility index (Phi) is 2.15. The van der Waals surface area contributed by atoms with E-state index in [0.29, 0.717) is 11.9 Å². The molecule has 1 fully saturated rings. The Morgan fingerprint density at radius 1 is 1.44 bits per heavy atom. The van der Waals surface area contributed by atoms with Gasteiger partial charge in [0.15, 0.2) is 0 Å². The minimum Gasteiger partial charge on any atom is -0.383 e. The van der Waals surface area contributed by atoms with Gasteiger partial charge in [-0.05, 0) is 23.0 Å². The molecule has 0 unspecified atom stereocenters. The predicted molar refractivity (Wildman–Crippen MR) is 66.2 cm³/mol. The molecule has 0 aliphatic carbocycles.